The van der Waals surface area contributed by atoms with Crippen molar-refractivity contribution in [1.82, 2.24) is 20.0 Å². The maximum absolute atomic E-state index is 11.4. The van der Waals surface area contributed by atoms with E-state index in [1.807, 2.05) is 14.1 Å². The molecule has 0 saturated carbocycles. The van der Waals surface area contributed by atoms with Gasteiger partial charge in [-0.15, -0.1) is 0 Å². The van der Waals surface area contributed by atoms with Gasteiger partial charge >= 0.3 is 0 Å². The highest BCUT2D eigenvalue weighted by Crippen LogP contribution is 1.98. The van der Waals surface area contributed by atoms with Crippen molar-refractivity contribution in [3.05, 3.63) is 0 Å². The molecule has 18 heavy (non-hydrogen) atoms. The molecule has 0 aromatic heterocycles. The molecule has 5 nitrogen and oxygen atoms in total. The van der Waals surface area contributed by atoms with Crippen LogP contribution in [0.3, 0.4) is 0 Å². The third-order valence-corrected chi connectivity index (χ3v) is 3.44. The first-order valence-corrected chi connectivity index (χ1v) is 6.91. The molecule has 0 atom stereocenters. The van der Waals surface area contributed by atoms with Crippen LogP contribution in [0.25, 0.3) is 0 Å². The van der Waals surface area contributed by atoms with Gasteiger partial charge in [-0.25, -0.2) is 0 Å². The molecule has 1 heterocycles. The van der Waals surface area contributed by atoms with Crippen molar-refractivity contribution in [3.8, 4) is 0 Å². The molecule has 1 fully saturated rings. The van der Waals surface area contributed by atoms with Crippen molar-refractivity contribution in [2.24, 2.45) is 0 Å². The van der Waals surface area contributed by atoms with Crippen LogP contribution in [0.4, 0.5) is 0 Å². The number of carbonyl (C=O) groups is 1. The van der Waals surface area contributed by atoms with Gasteiger partial charge in [-0.2, -0.15) is 0 Å². The van der Waals surface area contributed by atoms with Crippen LogP contribution < -0.4 is 5.32 Å². The van der Waals surface area contributed by atoms with Gasteiger partial charge in [0.25, 0.3) is 0 Å². The van der Waals surface area contributed by atoms with Crippen molar-refractivity contribution >= 4 is 5.91 Å². The number of amides is 1. The van der Waals surface area contributed by atoms with Gasteiger partial charge in [-0.1, -0.05) is 0 Å². The zero-order chi connectivity index (χ0) is 13.4. The van der Waals surface area contributed by atoms with Gasteiger partial charge in [-0.05, 0) is 20.0 Å². The summed E-state index contributed by atoms with van der Waals surface area (Å²) < 4.78 is 0. The van der Waals surface area contributed by atoms with Crippen molar-refractivity contribution < 1.29 is 4.79 Å². The van der Waals surface area contributed by atoms with E-state index in [-0.39, 0.29) is 5.91 Å². The summed E-state index contributed by atoms with van der Waals surface area (Å²) in [5.41, 5.74) is 0. The topological polar surface area (TPSA) is 38.8 Å². The predicted molar refractivity (Wildman–Crippen MR) is 74.7 cm³/mol. The average molecular weight is 256 g/mol. The molecule has 0 bridgehead atoms. The standard InChI is InChI=1S/C13H28N4O/c1-15(2)13(18)5-4-8-16(3)11-12-17-9-6-14-7-10-17/h14H,4-12H2,1-3H3. The molecule has 1 amide bonds. The molecule has 0 aromatic carbocycles. The molecule has 106 valence electrons. The summed E-state index contributed by atoms with van der Waals surface area (Å²) in [5.74, 6) is 0.227. The highest BCUT2D eigenvalue weighted by Gasteiger charge is 2.10. The molecule has 1 saturated heterocycles. The number of likely N-dealkylation sites (N-methyl/N-ethyl adjacent to an activating group) is 1. The Bertz CT molecular complexity index is 239. The molecule has 1 aliphatic heterocycles. The lowest BCUT2D eigenvalue weighted by Crippen LogP contribution is -2.46. The quantitative estimate of drug-likeness (QED) is 0.678. The van der Waals surface area contributed by atoms with E-state index in [1.165, 1.54) is 0 Å². The van der Waals surface area contributed by atoms with E-state index in [0.29, 0.717) is 6.42 Å². The second-order valence-electron chi connectivity index (χ2n) is 5.29. The number of hydrogen-bond donors (Lipinski definition) is 1. The smallest absolute Gasteiger partial charge is 0.222 e. The van der Waals surface area contributed by atoms with Crippen LogP contribution in [0.1, 0.15) is 12.8 Å². The number of nitrogens with one attached hydrogen (secondary N) is 1. The van der Waals surface area contributed by atoms with E-state index in [4.69, 9.17) is 0 Å². The van der Waals surface area contributed by atoms with Gasteiger partial charge in [0.1, 0.15) is 0 Å². The molecule has 1 aliphatic rings. The Morgan fingerprint density at radius 1 is 1.17 bits per heavy atom. The first kappa shape index (κ1) is 15.4. The second kappa shape index (κ2) is 8.45. The van der Waals surface area contributed by atoms with Gasteiger partial charge in [0, 0.05) is 59.8 Å². The lowest BCUT2D eigenvalue weighted by Gasteiger charge is -2.29. The van der Waals surface area contributed by atoms with Crippen LogP contribution in [0, 0.1) is 0 Å². The van der Waals surface area contributed by atoms with Gasteiger partial charge in [0.2, 0.25) is 5.91 Å². The zero-order valence-corrected chi connectivity index (χ0v) is 12.1. The molecule has 0 aromatic rings. The summed E-state index contributed by atoms with van der Waals surface area (Å²) in [6.07, 6.45) is 1.61. The average Bonchev–Trinajstić information content (AvgIpc) is 2.37. The summed E-state index contributed by atoms with van der Waals surface area (Å²) in [4.78, 5) is 17.9. The van der Waals surface area contributed by atoms with Gasteiger partial charge < -0.3 is 15.1 Å². The SMILES string of the molecule is CN(CCCC(=O)N(C)C)CCN1CCNCC1. The zero-order valence-electron chi connectivity index (χ0n) is 12.1. The lowest BCUT2D eigenvalue weighted by molar-refractivity contribution is -0.128. The van der Waals surface area contributed by atoms with Gasteiger partial charge in [-0.3, -0.25) is 9.69 Å². The van der Waals surface area contributed by atoms with Crippen molar-refractivity contribution in [2.75, 3.05) is 67.0 Å². The van der Waals surface area contributed by atoms with E-state index in [1.54, 1.807) is 4.90 Å². The fourth-order valence-electron chi connectivity index (χ4n) is 2.08. The third kappa shape index (κ3) is 6.33. The minimum absolute atomic E-state index is 0.227. The van der Waals surface area contributed by atoms with Crippen LogP contribution in [0.2, 0.25) is 0 Å². The Morgan fingerprint density at radius 2 is 1.83 bits per heavy atom. The fraction of sp³-hybridized carbons (Fsp3) is 0.923. The number of nitrogens with zero attached hydrogens (tertiary/aromatic N) is 3. The Balaban J connectivity index is 2.02. The molecule has 1 N–H and O–H groups in total. The maximum atomic E-state index is 11.4. The van der Waals surface area contributed by atoms with E-state index < -0.39 is 0 Å². The van der Waals surface area contributed by atoms with E-state index >= 15 is 0 Å². The predicted octanol–water partition coefficient (Wildman–Crippen LogP) is -0.308. The third-order valence-electron chi connectivity index (χ3n) is 3.44. The van der Waals surface area contributed by atoms with Crippen LogP contribution in [0.5, 0.6) is 0 Å². The summed E-state index contributed by atoms with van der Waals surface area (Å²) in [6.45, 7) is 7.78. The molecule has 0 spiro atoms. The van der Waals surface area contributed by atoms with Crippen molar-refractivity contribution in [1.29, 1.82) is 0 Å². The van der Waals surface area contributed by atoms with Crippen LogP contribution in [0.15, 0.2) is 0 Å². The summed E-state index contributed by atoms with van der Waals surface area (Å²) in [5, 5.41) is 3.36. The normalized spacial score (nSPS) is 17.1. The molecule has 0 aliphatic carbocycles. The van der Waals surface area contributed by atoms with Crippen LogP contribution in [-0.2, 0) is 4.79 Å². The van der Waals surface area contributed by atoms with Crippen LogP contribution >= 0.6 is 0 Å². The second-order valence-corrected chi connectivity index (χ2v) is 5.29. The molecule has 1 rings (SSSR count). The molecule has 0 radical (unpaired) electrons. The largest absolute Gasteiger partial charge is 0.349 e. The molecular formula is C13H28N4O. The van der Waals surface area contributed by atoms with Crippen molar-refractivity contribution in [3.63, 3.8) is 0 Å². The number of rotatable bonds is 7. The first-order valence-electron chi connectivity index (χ1n) is 6.91. The molecule has 0 unspecified atom stereocenters. The molecule has 5 heteroatoms. The lowest BCUT2D eigenvalue weighted by atomic mass is 10.2. The highest BCUT2D eigenvalue weighted by molar-refractivity contribution is 5.75. The Hall–Kier alpha value is -0.650. The van der Waals surface area contributed by atoms with Crippen LogP contribution in [-0.4, -0.2) is 87.6 Å². The Morgan fingerprint density at radius 3 is 2.44 bits per heavy atom. The summed E-state index contributed by atoms with van der Waals surface area (Å²) in [7, 11) is 5.77. The van der Waals surface area contributed by atoms with E-state index in [2.05, 4.69) is 22.2 Å². The monoisotopic (exact) mass is 256 g/mol. The molecular weight excluding hydrogens is 228 g/mol. The van der Waals surface area contributed by atoms with Gasteiger partial charge in [0.05, 0.1) is 0 Å². The fourth-order valence-corrected chi connectivity index (χ4v) is 2.08. The minimum Gasteiger partial charge on any atom is -0.349 e. The Kier molecular flexibility index (Phi) is 7.23. The minimum atomic E-state index is 0.227. The van der Waals surface area contributed by atoms with Crippen molar-refractivity contribution in [2.45, 2.75) is 12.8 Å². The maximum Gasteiger partial charge on any atom is 0.222 e. The van der Waals surface area contributed by atoms with Gasteiger partial charge in [0.15, 0.2) is 0 Å². The number of hydrogen-bond acceptors (Lipinski definition) is 4. The summed E-state index contributed by atoms with van der Waals surface area (Å²) in [6, 6.07) is 0. The number of carbonyl (C=O) groups excluding carboxylic acids is 1. The highest BCUT2D eigenvalue weighted by atomic mass is 16.2. The van der Waals surface area contributed by atoms with E-state index in [9.17, 15) is 4.79 Å². The number of piperazine rings is 1. The Labute approximate surface area is 111 Å². The first-order chi connectivity index (χ1) is 8.59. The summed E-state index contributed by atoms with van der Waals surface area (Å²) >= 11 is 0. The van der Waals surface area contributed by atoms with E-state index in [0.717, 1.165) is 52.2 Å².